The average molecular weight is 655 g/mol. The van der Waals surface area contributed by atoms with Gasteiger partial charge in [0, 0.05) is 74.9 Å². The van der Waals surface area contributed by atoms with E-state index in [-0.39, 0.29) is 63.4 Å². The molecular weight excluding hydrogens is 618 g/mol. The summed E-state index contributed by atoms with van der Waals surface area (Å²) in [6.07, 6.45) is 9.41. The minimum Gasteiger partial charge on any atom is -0.508 e. The number of nitrogens with zero attached hydrogens (tertiary/aromatic N) is 6. The number of hydrogen-bond donors (Lipinski definition) is 3. The Bertz CT molecular complexity index is 2000. The fraction of sp³-hybridized carbons (Fsp3) is 0.429. The van der Waals surface area contributed by atoms with Crippen molar-refractivity contribution in [3.05, 3.63) is 47.7 Å². The summed E-state index contributed by atoms with van der Waals surface area (Å²) < 4.78 is 38.0. The number of aromatic hydroxyl groups is 1. The first-order valence-electron chi connectivity index (χ1n) is 16.3. The minimum absolute atomic E-state index is 0.0221. The Morgan fingerprint density at radius 3 is 2.90 bits per heavy atom. The van der Waals surface area contributed by atoms with Crippen molar-refractivity contribution in [2.75, 3.05) is 69.3 Å². The summed E-state index contributed by atoms with van der Waals surface area (Å²) in [6, 6.07) is 5.69. The second-order valence-corrected chi connectivity index (χ2v) is 13.4. The van der Waals surface area contributed by atoms with Gasteiger partial charge in [-0.25, -0.2) is 13.8 Å². The van der Waals surface area contributed by atoms with Gasteiger partial charge in [-0.05, 0) is 43.5 Å². The molecule has 11 nitrogen and oxygen atoms in total. The molecule has 0 radical (unpaired) electrons. The van der Waals surface area contributed by atoms with E-state index in [1.165, 1.54) is 24.3 Å². The Morgan fingerprint density at radius 1 is 1.17 bits per heavy atom. The second-order valence-electron chi connectivity index (χ2n) is 13.4. The first kappa shape index (κ1) is 30.7. The molecule has 3 N–H and O–H groups in total. The van der Waals surface area contributed by atoms with E-state index >= 15 is 4.39 Å². The van der Waals surface area contributed by atoms with Crippen molar-refractivity contribution in [2.45, 2.75) is 36.9 Å². The summed E-state index contributed by atoms with van der Waals surface area (Å²) in [6.45, 7) is 4.23. The number of benzene rings is 2. The maximum absolute atomic E-state index is 17.1. The van der Waals surface area contributed by atoms with Crippen LogP contribution in [-0.2, 0) is 9.53 Å². The molecule has 248 valence electrons. The zero-order valence-corrected chi connectivity index (χ0v) is 26.6. The number of fused-ring (bicyclic) bond motifs is 11. The number of ether oxygens (including phenoxy) is 1. The molecule has 1 unspecified atom stereocenters. The van der Waals surface area contributed by atoms with E-state index < -0.39 is 11.6 Å². The van der Waals surface area contributed by atoms with Gasteiger partial charge in [0.1, 0.15) is 28.6 Å². The lowest BCUT2D eigenvalue weighted by Crippen LogP contribution is -2.62. The van der Waals surface area contributed by atoms with Crippen LogP contribution < -0.4 is 20.4 Å². The molecule has 0 saturated carbocycles. The predicted molar refractivity (Wildman–Crippen MR) is 178 cm³/mol. The van der Waals surface area contributed by atoms with Gasteiger partial charge in [0.15, 0.2) is 5.82 Å². The number of amides is 1. The van der Waals surface area contributed by atoms with Gasteiger partial charge >= 0.3 is 0 Å². The third kappa shape index (κ3) is 5.24. The van der Waals surface area contributed by atoms with Crippen molar-refractivity contribution < 1.29 is 23.4 Å². The maximum Gasteiger partial charge on any atom is 0.228 e. The second kappa shape index (κ2) is 11.8. The molecule has 0 aliphatic carbocycles. The van der Waals surface area contributed by atoms with Crippen LogP contribution in [0, 0.1) is 24.0 Å². The van der Waals surface area contributed by atoms with Gasteiger partial charge in [0.05, 0.1) is 29.7 Å². The number of phenolic OH excluding ortho intramolecular Hbond substituents is 1. The molecule has 4 aromatic rings. The zero-order chi connectivity index (χ0) is 33.2. The van der Waals surface area contributed by atoms with E-state index in [1.54, 1.807) is 6.20 Å². The molecule has 2 aromatic carbocycles. The van der Waals surface area contributed by atoms with Crippen LogP contribution in [0.5, 0.6) is 5.75 Å². The number of nitrogens with one attached hydrogen (secondary N) is 2. The van der Waals surface area contributed by atoms with Crippen LogP contribution in [0.4, 0.5) is 20.5 Å². The van der Waals surface area contributed by atoms with Gasteiger partial charge in [-0.2, -0.15) is 4.98 Å². The Balaban J connectivity index is 1.32. The van der Waals surface area contributed by atoms with E-state index in [0.717, 1.165) is 12.8 Å². The van der Waals surface area contributed by atoms with Gasteiger partial charge < -0.3 is 30.3 Å². The summed E-state index contributed by atoms with van der Waals surface area (Å²) in [5.41, 5.74) is -0.265. The van der Waals surface area contributed by atoms with Crippen LogP contribution in [-0.4, -0.2) is 108 Å². The lowest BCUT2D eigenvalue weighted by molar-refractivity contribution is -0.122. The summed E-state index contributed by atoms with van der Waals surface area (Å²) >= 11 is 0. The molecule has 2 aromatic heterocycles. The molecule has 4 aliphatic heterocycles. The number of aromatic nitrogens is 3. The highest BCUT2D eigenvalue weighted by molar-refractivity contribution is 6.03. The molecule has 3 atom stereocenters. The van der Waals surface area contributed by atoms with Crippen molar-refractivity contribution in [1.29, 1.82) is 0 Å². The van der Waals surface area contributed by atoms with Crippen LogP contribution in [0.15, 0.2) is 30.5 Å². The number of carbonyl (C=O) groups excluding carboxylic acids is 1. The molecule has 1 amide bonds. The molecule has 3 saturated heterocycles. The number of phenols is 1. The summed E-state index contributed by atoms with van der Waals surface area (Å²) in [5.74, 6) is 1.80. The summed E-state index contributed by atoms with van der Waals surface area (Å²) in [4.78, 5) is 33.6. The number of pyridine rings is 1. The third-order valence-corrected chi connectivity index (χ3v) is 10.3. The van der Waals surface area contributed by atoms with E-state index in [4.69, 9.17) is 21.1 Å². The van der Waals surface area contributed by atoms with Crippen molar-refractivity contribution >= 4 is 39.3 Å². The summed E-state index contributed by atoms with van der Waals surface area (Å²) in [7, 11) is 2.02. The summed E-state index contributed by atoms with van der Waals surface area (Å²) in [5, 5.41) is 18.6. The van der Waals surface area contributed by atoms with Crippen LogP contribution in [0.3, 0.4) is 0 Å². The molecule has 1 spiro atoms. The Morgan fingerprint density at radius 2 is 2.04 bits per heavy atom. The van der Waals surface area contributed by atoms with Gasteiger partial charge in [-0.1, -0.05) is 12.0 Å². The topological polar surface area (TPSA) is 119 Å². The third-order valence-electron chi connectivity index (χ3n) is 10.3. The molecule has 8 rings (SSSR count). The van der Waals surface area contributed by atoms with Crippen LogP contribution in [0.1, 0.15) is 24.8 Å². The molecular formula is C35H36F2N8O3. The van der Waals surface area contributed by atoms with E-state index in [0.29, 0.717) is 75.0 Å². The number of anilines is 2. The highest BCUT2D eigenvalue weighted by Gasteiger charge is 2.46. The van der Waals surface area contributed by atoms with Crippen molar-refractivity contribution in [1.82, 2.24) is 30.5 Å². The average Bonchev–Trinajstić information content (AvgIpc) is 3.38. The van der Waals surface area contributed by atoms with Crippen molar-refractivity contribution in [3.63, 3.8) is 0 Å². The predicted octanol–water partition coefficient (Wildman–Crippen LogP) is 2.78. The number of likely N-dealkylation sites (N-methyl/N-ethyl adjacent to an activating group) is 1. The lowest BCUT2D eigenvalue weighted by atomic mass is 9.95. The first-order chi connectivity index (χ1) is 23.2. The first-order valence-corrected chi connectivity index (χ1v) is 16.3. The van der Waals surface area contributed by atoms with Gasteiger partial charge in [0.25, 0.3) is 0 Å². The van der Waals surface area contributed by atoms with Gasteiger partial charge in [0.2, 0.25) is 11.9 Å². The molecule has 13 heteroatoms. The SMILES string of the molecule is C#Cc1c(F)ccc2cc(O)cc(-c3ncc4c5nc(nc4c3F)N3CCN(C)C(CNC(=O)CCOC[C@]46CC[C@H](CN5C4)N6)C3)c12. The lowest BCUT2D eigenvalue weighted by Gasteiger charge is -2.43. The molecule has 7 bridgehead atoms. The van der Waals surface area contributed by atoms with Gasteiger partial charge in [-0.15, -0.1) is 6.42 Å². The van der Waals surface area contributed by atoms with Crippen LogP contribution in [0.25, 0.3) is 32.9 Å². The normalized spacial score (nSPS) is 24.9. The Labute approximate surface area is 276 Å². The Hall–Kier alpha value is -4.64. The highest BCUT2D eigenvalue weighted by Crippen LogP contribution is 2.40. The number of halogens is 2. The highest BCUT2D eigenvalue weighted by atomic mass is 19.1. The number of piperazine rings is 2. The number of carbonyl (C=O) groups is 1. The molecule has 4 aliphatic rings. The zero-order valence-electron chi connectivity index (χ0n) is 26.6. The van der Waals surface area contributed by atoms with E-state index in [1.807, 2.05) is 11.9 Å². The number of terminal acetylenes is 1. The smallest absolute Gasteiger partial charge is 0.228 e. The molecule has 3 fully saturated rings. The van der Waals surface area contributed by atoms with Crippen molar-refractivity contribution in [2.24, 2.45) is 0 Å². The fourth-order valence-electron chi connectivity index (χ4n) is 7.76. The molecule has 6 heterocycles. The van der Waals surface area contributed by atoms with Gasteiger partial charge in [-0.3, -0.25) is 14.7 Å². The Kier molecular flexibility index (Phi) is 7.54. The number of hydrogen-bond acceptors (Lipinski definition) is 10. The van der Waals surface area contributed by atoms with Crippen LogP contribution in [0.2, 0.25) is 0 Å². The molecule has 48 heavy (non-hydrogen) atoms. The minimum atomic E-state index is -0.722. The van der Waals surface area contributed by atoms with Crippen LogP contribution >= 0.6 is 0 Å². The van der Waals surface area contributed by atoms with Crippen molar-refractivity contribution in [3.8, 4) is 29.4 Å². The largest absolute Gasteiger partial charge is 0.508 e. The maximum atomic E-state index is 17.1. The quantitative estimate of drug-likeness (QED) is 0.265. The fourth-order valence-corrected chi connectivity index (χ4v) is 7.76. The van der Waals surface area contributed by atoms with E-state index in [9.17, 15) is 14.3 Å². The van der Waals surface area contributed by atoms with E-state index in [2.05, 4.69) is 31.3 Å². The number of rotatable bonds is 1. The standard InChI is InChI=1S/C35H36F2N8O3/c1-3-24-27(36)5-4-20-12-23(46)13-25(29(20)24)31-30(37)32-26(15-39-31)33-41-34(40-32)44-10-9-43(2)22(17-44)14-38-28(47)7-11-48-19-35-8-6-21(42-35)16-45(33)18-35/h1,4-5,12-13,15,21-22,42,46H,6-11,14,16-19H2,2H3,(H,38,47)/t21-,22?,35+/m1/s1. The monoisotopic (exact) mass is 654 g/mol.